The lowest BCUT2D eigenvalue weighted by molar-refractivity contribution is 0.575. The van der Waals surface area contributed by atoms with Gasteiger partial charge in [-0.1, -0.05) is 0 Å². The summed E-state index contributed by atoms with van der Waals surface area (Å²) in [6, 6.07) is 0.269. The quantitative estimate of drug-likeness (QED) is 0.678. The first-order valence-electron chi connectivity index (χ1n) is 3.54. The Balaban J connectivity index is 2.36. The molecule has 0 aliphatic carbocycles. The van der Waals surface area contributed by atoms with Gasteiger partial charge in [-0.15, -0.1) is 21.5 Å². The molecule has 0 radical (unpaired) electrons. The molecule has 0 aliphatic rings. The smallest absolute Gasteiger partial charge is 0.133 e. The van der Waals surface area contributed by atoms with Crippen LogP contribution in [0.3, 0.4) is 0 Å². The summed E-state index contributed by atoms with van der Waals surface area (Å²) in [5, 5.41) is 11.9. The highest BCUT2D eigenvalue weighted by atomic mass is 32.1. The van der Waals surface area contributed by atoms with E-state index in [2.05, 4.69) is 22.4 Å². The standard InChI is InChI=1S/C6H12N4S/c1-5(8-3-2-7)6-10-9-4-11-6/h4-5,8H,2-3,7H2,1H3. The molecule has 0 aliphatic heterocycles. The van der Waals surface area contributed by atoms with E-state index in [1.807, 2.05) is 0 Å². The number of nitrogens with two attached hydrogens (primary N) is 1. The summed E-state index contributed by atoms with van der Waals surface area (Å²) in [5.41, 5.74) is 7.07. The van der Waals surface area contributed by atoms with Gasteiger partial charge in [0.15, 0.2) is 0 Å². The second kappa shape index (κ2) is 4.38. The molecule has 1 rings (SSSR count). The van der Waals surface area contributed by atoms with E-state index in [9.17, 15) is 0 Å². The molecule has 5 heteroatoms. The summed E-state index contributed by atoms with van der Waals surface area (Å²) in [4.78, 5) is 0. The average Bonchev–Trinajstić information content (AvgIpc) is 2.52. The Kier molecular flexibility index (Phi) is 3.41. The van der Waals surface area contributed by atoms with Gasteiger partial charge in [-0.25, -0.2) is 0 Å². The van der Waals surface area contributed by atoms with Crippen molar-refractivity contribution in [3.05, 3.63) is 10.5 Å². The molecule has 4 nitrogen and oxygen atoms in total. The van der Waals surface area contributed by atoms with Crippen molar-refractivity contribution >= 4 is 11.3 Å². The fraction of sp³-hybridized carbons (Fsp3) is 0.667. The van der Waals surface area contributed by atoms with Gasteiger partial charge in [0.05, 0.1) is 6.04 Å². The van der Waals surface area contributed by atoms with Crippen molar-refractivity contribution < 1.29 is 0 Å². The molecule has 0 spiro atoms. The van der Waals surface area contributed by atoms with Crippen LogP contribution in [0.1, 0.15) is 18.0 Å². The summed E-state index contributed by atoms with van der Waals surface area (Å²) < 4.78 is 0. The van der Waals surface area contributed by atoms with Gasteiger partial charge in [-0.2, -0.15) is 0 Å². The maximum Gasteiger partial charge on any atom is 0.133 e. The maximum absolute atomic E-state index is 5.34. The minimum absolute atomic E-state index is 0.269. The first-order chi connectivity index (χ1) is 5.34. The zero-order valence-electron chi connectivity index (χ0n) is 6.45. The minimum Gasteiger partial charge on any atom is -0.329 e. The Morgan fingerprint density at radius 3 is 3.18 bits per heavy atom. The van der Waals surface area contributed by atoms with E-state index < -0.39 is 0 Å². The van der Waals surface area contributed by atoms with Gasteiger partial charge < -0.3 is 11.1 Å². The highest BCUT2D eigenvalue weighted by Gasteiger charge is 2.05. The topological polar surface area (TPSA) is 63.8 Å². The fourth-order valence-electron chi connectivity index (χ4n) is 0.757. The third-order valence-corrected chi connectivity index (χ3v) is 2.22. The average molecular weight is 172 g/mol. The van der Waals surface area contributed by atoms with Crippen LogP contribution in [0.2, 0.25) is 0 Å². The van der Waals surface area contributed by atoms with Crippen LogP contribution in [-0.4, -0.2) is 23.3 Å². The van der Waals surface area contributed by atoms with Crippen LogP contribution in [0, 0.1) is 0 Å². The van der Waals surface area contributed by atoms with Crippen molar-refractivity contribution in [3.8, 4) is 0 Å². The lowest BCUT2D eigenvalue weighted by atomic mass is 10.3. The fourth-order valence-corrected chi connectivity index (χ4v) is 1.34. The summed E-state index contributed by atoms with van der Waals surface area (Å²) >= 11 is 1.56. The van der Waals surface area contributed by atoms with Gasteiger partial charge in [0, 0.05) is 13.1 Å². The molecule has 1 heterocycles. The molecular weight excluding hydrogens is 160 g/mol. The van der Waals surface area contributed by atoms with Gasteiger partial charge in [0.25, 0.3) is 0 Å². The summed E-state index contributed by atoms with van der Waals surface area (Å²) in [6.07, 6.45) is 0. The second-order valence-corrected chi connectivity index (χ2v) is 3.11. The van der Waals surface area contributed by atoms with E-state index in [1.54, 1.807) is 16.8 Å². The first kappa shape index (κ1) is 8.58. The molecule has 1 atom stereocenters. The number of hydrogen-bond donors (Lipinski definition) is 2. The Labute approximate surface area is 69.8 Å². The van der Waals surface area contributed by atoms with E-state index in [0.29, 0.717) is 6.54 Å². The molecule has 0 aromatic carbocycles. The largest absolute Gasteiger partial charge is 0.329 e. The third kappa shape index (κ3) is 2.53. The van der Waals surface area contributed by atoms with E-state index in [4.69, 9.17) is 5.73 Å². The predicted octanol–water partition coefficient (Wildman–Crippen LogP) is 0.147. The van der Waals surface area contributed by atoms with Gasteiger partial charge in [-0.05, 0) is 6.92 Å². The lowest BCUT2D eigenvalue weighted by Crippen LogP contribution is -2.25. The monoisotopic (exact) mass is 172 g/mol. The predicted molar refractivity (Wildman–Crippen MR) is 45.4 cm³/mol. The van der Waals surface area contributed by atoms with Crippen molar-refractivity contribution in [3.63, 3.8) is 0 Å². The SMILES string of the molecule is CC(NCCN)c1nncs1. The molecule has 1 aromatic rings. The van der Waals surface area contributed by atoms with Crippen molar-refractivity contribution in [2.75, 3.05) is 13.1 Å². The van der Waals surface area contributed by atoms with Gasteiger partial charge in [-0.3, -0.25) is 0 Å². The number of nitrogens with zero attached hydrogens (tertiary/aromatic N) is 2. The summed E-state index contributed by atoms with van der Waals surface area (Å²) in [5.74, 6) is 0. The zero-order valence-corrected chi connectivity index (χ0v) is 7.27. The molecule has 3 N–H and O–H groups in total. The van der Waals surface area contributed by atoms with Crippen LogP contribution >= 0.6 is 11.3 Å². The van der Waals surface area contributed by atoms with Crippen molar-refractivity contribution in [2.24, 2.45) is 5.73 Å². The number of nitrogens with one attached hydrogen (secondary N) is 1. The van der Waals surface area contributed by atoms with Crippen molar-refractivity contribution in [1.82, 2.24) is 15.5 Å². The van der Waals surface area contributed by atoms with Crippen LogP contribution in [0.4, 0.5) is 0 Å². The molecule has 62 valence electrons. The van der Waals surface area contributed by atoms with Gasteiger partial charge in [0.1, 0.15) is 10.5 Å². The molecule has 11 heavy (non-hydrogen) atoms. The van der Waals surface area contributed by atoms with Gasteiger partial charge >= 0.3 is 0 Å². The lowest BCUT2D eigenvalue weighted by Gasteiger charge is -2.07. The first-order valence-corrected chi connectivity index (χ1v) is 4.42. The van der Waals surface area contributed by atoms with E-state index in [0.717, 1.165) is 11.6 Å². The highest BCUT2D eigenvalue weighted by molar-refractivity contribution is 7.09. The summed E-state index contributed by atoms with van der Waals surface area (Å²) in [7, 11) is 0. The van der Waals surface area contributed by atoms with E-state index in [-0.39, 0.29) is 6.04 Å². The third-order valence-electron chi connectivity index (χ3n) is 1.34. The zero-order chi connectivity index (χ0) is 8.10. The Morgan fingerprint density at radius 1 is 1.82 bits per heavy atom. The van der Waals surface area contributed by atoms with E-state index in [1.165, 1.54) is 0 Å². The Hall–Kier alpha value is -0.520. The Morgan fingerprint density at radius 2 is 2.64 bits per heavy atom. The molecule has 0 saturated heterocycles. The number of rotatable bonds is 4. The van der Waals surface area contributed by atoms with Crippen LogP contribution in [0.15, 0.2) is 5.51 Å². The second-order valence-electron chi connectivity index (χ2n) is 2.24. The van der Waals surface area contributed by atoms with Crippen LogP contribution in [0.5, 0.6) is 0 Å². The molecule has 0 fully saturated rings. The van der Waals surface area contributed by atoms with Crippen LogP contribution < -0.4 is 11.1 Å². The molecule has 1 unspecified atom stereocenters. The van der Waals surface area contributed by atoms with Crippen molar-refractivity contribution in [1.29, 1.82) is 0 Å². The van der Waals surface area contributed by atoms with Crippen molar-refractivity contribution in [2.45, 2.75) is 13.0 Å². The maximum atomic E-state index is 5.34. The van der Waals surface area contributed by atoms with E-state index >= 15 is 0 Å². The highest BCUT2D eigenvalue weighted by Crippen LogP contribution is 2.11. The number of aromatic nitrogens is 2. The van der Waals surface area contributed by atoms with Gasteiger partial charge in [0.2, 0.25) is 0 Å². The molecular formula is C6H12N4S. The summed E-state index contributed by atoms with van der Waals surface area (Å²) in [6.45, 7) is 3.53. The molecule has 1 aromatic heterocycles. The minimum atomic E-state index is 0.269. The van der Waals surface area contributed by atoms with Crippen LogP contribution in [0.25, 0.3) is 0 Å². The Bertz CT molecular complexity index is 186. The van der Waals surface area contributed by atoms with Crippen LogP contribution in [-0.2, 0) is 0 Å². The molecule has 0 bridgehead atoms. The number of hydrogen-bond acceptors (Lipinski definition) is 5. The molecule has 0 amide bonds. The normalized spacial score (nSPS) is 13.3. The molecule has 0 saturated carbocycles.